The molecule has 2 unspecified atom stereocenters. The van der Waals surface area contributed by atoms with Gasteiger partial charge in [-0.2, -0.15) is 0 Å². The Morgan fingerprint density at radius 2 is 1.03 bits per heavy atom. The van der Waals surface area contributed by atoms with Crippen LogP contribution in [0.2, 0.25) is 0 Å². The van der Waals surface area contributed by atoms with Crippen molar-refractivity contribution in [3.05, 3.63) is 230 Å². The van der Waals surface area contributed by atoms with Crippen LogP contribution < -0.4 is 4.90 Å². The number of rotatable bonds is 8. The highest BCUT2D eigenvalue weighted by molar-refractivity contribution is 6.10. The first-order valence-corrected chi connectivity index (χ1v) is 20.3. The monoisotopic (exact) mass is 744 g/mol. The molecule has 0 saturated heterocycles. The summed E-state index contributed by atoms with van der Waals surface area (Å²) in [5, 5.41) is 2.49. The molecule has 0 saturated carbocycles. The van der Waals surface area contributed by atoms with E-state index in [9.17, 15) is 0 Å². The third-order valence-corrected chi connectivity index (χ3v) is 12.1. The molecule has 2 heterocycles. The Morgan fingerprint density at radius 1 is 0.500 bits per heavy atom. The van der Waals surface area contributed by atoms with Gasteiger partial charge in [0.25, 0.3) is 0 Å². The molecule has 0 radical (unpaired) electrons. The zero-order chi connectivity index (χ0) is 39.2. The molecule has 10 rings (SSSR count). The van der Waals surface area contributed by atoms with Crippen molar-refractivity contribution in [2.75, 3.05) is 4.90 Å². The van der Waals surface area contributed by atoms with Crippen LogP contribution in [0.15, 0.2) is 219 Å². The molecule has 2 heteroatoms. The van der Waals surface area contributed by atoms with E-state index < -0.39 is 0 Å². The first-order chi connectivity index (χ1) is 28.6. The highest BCUT2D eigenvalue weighted by atomic mass is 15.2. The molecule has 1 aromatic heterocycles. The van der Waals surface area contributed by atoms with E-state index in [-0.39, 0.29) is 11.8 Å². The van der Waals surface area contributed by atoms with Gasteiger partial charge in [0.05, 0.1) is 11.0 Å². The third-order valence-electron chi connectivity index (χ3n) is 12.1. The van der Waals surface area contributed by atoms with Gasteiger partial charge >= 0.3 is 0 Å². The summed E-state index contributed by atoms with van der Waals surface area (Å²) in [5.41, 5.74) is 18.1. The molecule has 0 N–H and O–H groups in total. The van der Waals surface area contributed by atoms with Gasteiger partial charge in [0.15, 0.2) is 0 Å². The highest BCUT2D eigenvalue weighted by Crippen LogP contribution is 2.53. The predicted octanol–water partition coefficient (Wildman–Crippen LogP) is 15.3. The van der Waals surface area contributed by atoms with Gasteiger partial charge in [-0.15, -0.1) is 0 Å². The topological polar surface area (TPSA) is 8.17 Å². The van der Waals surface area contributed by atoms with Gasteiger partial charge in [-0.3, -0.25) is 0 Å². The van der Waals surface area contributed by atoms with Gasteiger partial charge < -0.3 is 9.47 Å². The molecule has 0 amide bonds. The Hall–Kier alpha value is -7.16. The minimum Gasteiger partial charge on any atom is -0.314 e. The van der Waals surface area contributed by atoms with Gasteiger partial charge in [0, 0.05) is 39.4 Å². The summed E-state index contributed by atoms with van der Waals surface area (Å²) in [6.07, 6.45) is 2.31. The maximum Gasteiger partial charge on any atom is 0.0541 e. The summed E-state index contributed by atoms with van der Waals surface area (Å²) in [5.74, 6) is 0.291. The van der Waals surface area contributed by atoms with Gasteiger partial charge in [0.2, 0.25) is 0 Å². The van der Waals surface area contributed by atoms with Crippen LogP contribution in [0.1, 0.15) is 30.9 Å². The molecule has 9 aromatic rings. The molecule has 0 fully saturated rings. The molecule has 58 heavy (non-hydrogen) atoms. The third kappa shape index (κ3) is 6.06. The largest absolute Gasteiger partial charge is 0.314 e. The molecule has 1 aliphatic rings. The minimum atomic E-state index is 0.116. The predicted molar refractivity (Wildman–Crippen MR) is 247 cm³/mol. The number of hydrogen-bond acceptors (Lipinski definition) is 1. The number of benzene rings is 8. The van der Waals surface area contributed by atoms with E-state index in [1.807, 2.05) is 0 Å². The normalized spacial score (nSPS) is 14.6. The van der Waals surface area contributed by atoms with Crippen LogP contribution in [0.3, 0.4) is 0 Å². The Balaban J connectivity index is 1.05. The van der Waals surface area contributed by atoms with Crippen molar-refractivity contribution >= 4 is 38.8 Å². The molecule has 0 aliphatic carbocycles. The molecular weight excluding hydrogens is 701 g/mol. The average Bonchev–Trinajstić information content (AvgIpc) is 3.78. The molecule has 278 valence electrons. The van der Waals surface area contributed by atoms with E-state index in [0.717, 1.165) is 17.1 Å². The summed E-state index contributed by atoms with van der Waals surface area (Å²) in [7, 11) is 0. The number of hydrogen-bond donors (Lipinski definition) is 0. The molecule has 1 aliphatic heterocycles. The molecule has 2 atom stereocenters. The lowest BCUT2D eigenvalue weighted by Gasteiger charge is -2.27. The second kappa shape index (κ2) is 14.7. The number of anilines is 2. The van der Waals surface area contributed by atoms with Gasteiger partial charge in [-0.05, 0) is 118 Å². The first-order valence-electron chi connectivity index (χ1n) is 20.3. The van der Waals surface area contributed by atoms with E-state index >= 15 is 0 Å². The Morgan fingerprint density at radius 3 is 1.67 bits per heavy atom. The standard InChI is InChI=1S/C56H44N2/c1-4-49(38(2)56-39(3)57(54-27-17-15-25-51(54)56)47-31-28-43(29-32-47)40-18-8-5-9-19-40)44-30-33-55-52(37-44)50-24-14-16-26-53(50)58(55)48-35-45(41-20-10-6-11-21-41)34-46(36-48)42-22-12-7-13-23-42/h4-38,56H,3H2,1-2H3/b49-4+. The summed E-state index contributed by atoms with van der Waals surface area (Å²) >= 11 is 0. The quantitative estimate of drug-likeness (QED) is 0.150. The highest BCUT2D eigenvalue weighted by Gasteiger charge is 2.38. The molecular formula is C56H44N2. The van der Waals surface area contributed by atoms with Crippen LogP contribution in [-0.4, -0.2) is 4.57 Å². The number of aromatic nitrogens is 1. The fourth-order valence-electron chi connectivity index (χ4n) is 9.36. The smallest absolute Gasteiger partial charge is 0.0541 e. The molecule has 2 nitrogen and oxygen atoms in total. The maximum atomic E-state index is 4.80. The number of fused-ring (bicyclic) bond motifs is 4. The van der Waals surface area contributed by atoms with E-state index in [2.05, 4.69) is 230 Å². The minimum absolute atomic E-state index is 0.116. The van der Waals surface area contributed by atoms with Crippen molar-refractivity contribution < 1.29 is 0 Å². The van der Waals surface area contributed by atoms with E-state index in [4.69, 9.17) is 6.58 Å². The fourth-order valence-corrected chi connectivity index (χ4v) is 9.36. The number of para-hydroxylation sites is 2. The van der Waals surface area contributed by atoms with Crippen LogP contribution in [0.5, 0.6) is 0 Å². The van der Waals surface area contributed by atoms with Gasteiger partial charge in [-0.25, -0.2) is 0 Å². The molecule has 8 aromatic carbocycles. The summed E-state index contributed by atoms with van der Waals surface area (Å²) in [6.45, 7) is 9.36. The summed E-state index contributed by atoms with van der Waals surface area (Å²) < 4.78 is 2.45. The van der Waals surface area contributed by atoms with Crippen molar-refractivity contribution in [3.63, 3.8) is 0 Å². The lowest BCUT2D eigenvalue weighted by atomic mass is 9.79. The van der Waals surface area contributed by atoms with Crippen LogP contribution in [0, 0.1) is 5.92 Å². The van der Waals surface area contributed by atoms with Crippen molar-refractivity contribution in [1.29, 1.82) is 0 Å². The van der Waals surface area contributed by atoms with Crippen molar-refractivity contribution in [1.82, 2.24) is 4.57 Å². The maximum absolute atomic E-state index is 4.80. The van der Waals surface area contributed by atoms with E-state index in [1.54, 1.807) is 0 Å². The van der Waals surface area contributed by atoms with Crippen LogP contribution in [0.4, 0.5) is 11.4 Å². The molecule has 0 bridgehead atoms. The Bertz CT molecular complexity index is 2910. The fraction of sp³-hybridized carbons (Fsp3) is 0.0714. The second-order valence-electron chi connectivity index (χ2n) is 15.4. The lowest BCUT2D eigenvalue weighted by molar-refractivity contribution is 0.644. The van der Waals surface area contributed by atoms with E-state index in [1.165, 1.54) is 77.6 Å². The SMILES string of the molecule is C=C1C(C(C)/C(=C\C)c2ccc3c(c2)c2ccccc2n3-c2cc(-c3ccccc3)cc(-c3ccccc3)c2)c2ccccc2N1c1ccc(-c2ccccc2)cc1. The number of nitrogens with zero attached hydrogens (tertiary/aromatic N) is 2. The number of allylic oxidation sites excluding steroid dienone is 3. The first kappa shape index (κ1) is 35.3. The van der Waals surface area contributed by atoms with E-state index in [0.29, 0.717) is 0 Å². The second-order valence-corrected chi connectivity index (χ2v) is 15.4. The summed E-state index contributed by atoms with van der Waals surface area (Å²) in [6, 6.07) is 72.7. The zero-order valence-electron chi connectivity index (χ0n) is 32.9. The Kier molecular flexibility index (Phi) is 8.96. The Labute approximate surface area is 341 Å². The lowest BCUT2D eigenvalue weighted by Crippen LogP contribution is -2.17. The average molecular weight is 745 g/mol. The zero-order valence-corrected chi connectivity index (χ0v) is 32.9. The van der Waals surface area contributed by atoms with Crippen molar-refractivity contribution in [2.24, 2.45) is 5.92 Å². The van der Waals surface area contributed by atoms with Gasteiger partial charge in [-0.1, -0.05) is 165 Å². The van der Waals surface area contributed by atoms with Crippen LogP contribution >= 0.6 is 0 Å². The van der Waals surface area contributed by atoms with Crippen molar-refractivity contribution in [2.45, 2.75) is 19.8 Å². The molecule has 0 spiro atoms. The van der Waals surface area contributed by atoms with Gasteiger partial charge in [0.1, 0.15) is 0 Å². The van der Waals surface area contributed by atoms with Crippen LogP contribution in [-0.2, 0) is 0 Å². The summed E-state index contributed by atoms with van der Waals surface area (Å²) in [4.78, 5) is 2.36. The van der Waals surface area contributed by atoms with Crippen molar-refractivity contribution in [3.8, 4) is 39.1 Å². The van der Waals surface area contributed by atoms with Crippen LogP contribution in [0.25, 0.3) is 66.4 Å².